The van der Waals surface area contributed by atoms with Crippen LogP contribution in [0.2, 0.25) is 0 Å². The highest BCUT2D eigenvalue weighted by Crippen LogP contribution is 2.31. The van der Waals surface area contributed by atoms with E-state index in [9.17, 15) is 10.0 Å². The van der Waals surface area contributed by atoms with Gasteiger partial charge in [-0.2, -0.15) is 0 Å². The van der Waals surface area contributed by atoms with Gasteiger partial charge in [0.15, 0.2) is 6.67 Å². The van der Waals surface area contributed by atoms with E-state index >= 15 is 0 Å². The van der Waals surface area contributed by atoms with E-state index in [1.165, 1.54) is 11.1 Å². The van der Waals surface area contributed by atoms with E-state index < -0.39 is 5.97 Å². The van der Waals surface area contributed by atoms with Crippen LogP contribution in [0, 0.1) is 5.21 Å². The number of aryl methyl sites for hydroxylation is 1. The van der Waals surface area contributed by atoms with Crippen LogP contribution in [-0.2, 0) is 24.2 Å². The molecule has 1 unspecified atom stereocenters. The van der Waals surface area contributed by atoms with E-state index in [2.05, 4.69) is 28.4 Å². The topological polar surface area (TPSA) is 75.6 Å². The first-order valence-corrected chi connectivity index (χ1v) is 9.50. The number of quaternary nitrogens is 1. The van der Waals surface area contributed by atoms with Crippen molar-refractivity contribution in [3.05, 3.63) is 64.4 Å². The van der Waals surface area contributed by atoms with Crippen LogP contribution in [0.1, 0.15) is 23.1 Å². The first-order valence-electron chi connectivity index (χ1n) is 9.50. The van der Waals surface area contributed by atoms with Crippen LogP contribution in [-0.4, -0.2) is 37.4 Å². The molecule has 1 atom stereocenters. The van der Waals surface area contributed by atoms with Crippen molar-refractivity contribution in [3.63, 3.8) is 0 Å². The van der Waals surface area contributed by atoms with E-state index in [0.717, 1.165) is 43.0 Å². The second kappa shape index (κ2) is 7.31. The highest BCUT2D eigenvalue weighted by molar-refractivity contribution is 5.67. The molecule has 0 aromatic heterocycles. The lowest BCUT2D eigenvalue weighted by Crippen LogP contribution is -2.42. The number of carbonyl (C=O) groups is 1. The average molecular weight is 367 g/mol. The third kappa shape index (κ3) is 3.83. The Labute approximate surface area is 159 Å². The number of benzene rings is 2. The van der Waals surface area contributed by atoms with Gasteiger partial charge in [0.25, 0.3) is 0 Å². The maximum atomic E-state index is 13.3. The lowest BCUT2D eigenvalue weighted by molar-refractivity contribution is -0.136. The Morgan fingerprint density at radius 1 is 1.19 bits per heavy atom. The minimum Gasteiger partial charge on any atom is -0.626 e. The molecular weight excluding hydrogens is 342 g/mol. The van der Waals surface area contributed by atoms with Gasteiger partial charge in [-0.15, -0.1) is 0 Å². The number of carboxylic acid groups (broad SMARTS) is 1. The smallest absolute Gasteiger partial charge is 0.303 e. The summed E-state index contributed by atoms with van der Waals surface area (Å²) in [6.45, 7) is 3.59. The minimum atomic E-state index is -0.803. The first kappa shape index (κ1) is 18.0. The van der Waals surface area contributed by atoms with Crippen molar-refractivity contribution in [2.45, 2.75) is 25.8 Å². The van der Waals surface area contributed by atoms with Crippen LogP contribution < -0.4 is 14.9 Å². The lowest BCUT2D eigenvalue weighted by atomic mass is 10.0. The molecule has 0 amide bonds. The molecule has 0 spiro atoms. The monoisotopic (exact) mass is 367 g/mol. The van der Waals surface area contributed by atoms with Gasteiger partial charge in [-0.25, -0.2) is 0 Å². The van der Waals surface area contributed by atoms with Crippen molar-refractivity contribution in [1.29, 1.82) is 0 Å². The van der Waals surface area contributed by atoms with E-state index in [0.29, 0.717) is 19.6 Å². The summed E-state index contributed by atoms with van der Waals surface area (Å²) in [6.07, 6.45) is 1.63. The molecule has 6 nitrogen and oxygen atoms in total. The summed E-state index contributed by atoms with van der Waals surface area (Å²) in [5.74, 6) is -0.803. The van der Waals surface area contributed by atoms with Crippen molar-refractivity contribution >= 4 is 17.3 Å². The van der Waals surface area contributed by atoms with Crippen LogP contribution in [0.25, 0.3) is 0 Å². The molecule has 2 aliphatic heterocycles. The van der Waals surface area contributed by atoms with Crippen molar-refractivity contribution in [3.8, 4) is 0 Å². The van der Waals surface area contributed by atoms with Gasteiger partial charge in [-0.3, -0.25) is 4.79 Å². The highest BCUT2D eigenvalue weighted by atomic mass is 16.6. The molecular formula is C21H25N3O3. The van der Waals surface area contributed by atoms with Crippen LogP contribution >= 0.6 is 0 Å². The van der Waals surface area contributed by atoms with Crippen molar-refractivity contribution < 1.29 is 9.90 Å². The third-order valence-corrected chi connectivity index (χ3v) is 5.61. The molecule has 0 radical (unpaired) electrons. The van der Waals surface area contributed by atoms with E-state index in [-0.39, 0.29) is 11.1 Å². The summed E-state index contributed by atoms with van der Waals surface area (Å²) < 4.78 is -0.363. The maximum Gasteiger partial charge on any atom is 0.303 e. The number of rotatable bonds is 5. The fraction of sp³-hybridized carbons (Fsp3) is 0.381. The molecule has 2 N–H and O–H groups in total. The zero-order valence-corrected chi connectivity index (χ0v) is 15.4. The molecule has 27 heavy (non-hydrogen) atoms. The Morgan fingerprint density at radius 2 is 2.00 bits per heavy atom. The molecule has 0 bridgehead atoms. The van der Waals surface area contributed by atoms with Crippen LogP contribution in [0.4, 0.5) is 11.4 Å². The summed E-state index contributed by atoms with van der Waals surface area (Å²) in [7, 11) is 0. The summed E-state index contributed by atoms with van der Waals surface area (Å²) in [5.41, 5.74) is 5.55. The largest absolute Gasteiger partial charge is 0.626 e. The highest BCUT2D eigenvalue weighted by Gasteiger charge is 2.32. The Hall–Kier alpha value is -2.41. The molecule has 2 heterocycles. The molecule has 2 aliphatic rings. The van der Waals surface area contributed by atoms with Gasteiger partial charge < -0.3 is 25.2 Å². The number of anilines is 1. The zero-order chi connectivity index (χ0) is 18.9. The Morgan fingerprint density at radius 3 is 2.78 bits per heavy atom. The molecule has 2 aromatic rings. The molecule has 6 heteroatoms. The second-order valence-electron chi connectivity index (χ2n) is 7.46. The molecule has 4 rings (SSSR count). The minimum absolute atomic E-state index is 0.109. The van der Waals surface area contributed by atoms with E-state index in [4.69, 9.17) is 5.11 Å². The van der Waals surface area contributed by atoms with Crippen molar-refractivity contribution in [2.24, 2.45) is 0 Å². The standard InChI is InChI=1S/C21H25N3O3/c25-21(26)8-3-16-1-6-20(7-2-16)24(27)12-11-23(15-24)19-5-4-18-14-22-10-9-17(18)13-19/h1-2,4-7,13,22H,3,8-12,14-15H2,(H,25,26). The second-order valence-corrected chi connectivity index (χ2v) is 7.46. The molecule has 0 saturated carbocycles. The average Bonchev–Trinajstić information content (AvgIpc) is 3.10. The number of nitrogens with one attached hydrogen (secondary N) is 1. The number of hydrogen-bond acceptors (Lipinski definition) is 4. The summed E-state index contributed by atoms with van der Waals surface area (Å²) >= 11 is 0. The zero-order valence-electron chi connectivity index (χ0n) is 15.4. The lowest BCUT2D eigenvalue weighted by Gasteiger charge is -2.37. The predicted molar refractivity (Wildman–Crippen MR) is 106 cm³/mol. The van der Waals surface area contributed by atoms with Crippen LogP contribution in [0.15, 0.2) is 42.5 Å². The molecule has 1 saturated heterocycles. The molecule has 142 valence electrons. The number of fused-ring (bicyclic) bond motifs is 1. The van der Waals surface area contributed by atoms with E-state index in [1.54, 1.807) is 0 Å². The fourth-order valence-electron chi connectivity index (χ4n) is 3.97. The van der Waals surface area contributed by atoms with E-state index in [1.807, 2.05) is 24.3 Å². The Kier molecular flexibility index (Phi) is 4.86. The molecule has 1 fully saturated rings. The van der Waals surface area contributed by atoms with Gasteiger partial charge in [-0.05, 0) is 60.3 Å². The van der Waals surface area contributed by atoms with Gasteiger partial charge in [-0.1, -0.05) is 18.2 Å². The predicted octanol–water partition coefficient (Wildman–Crippen LogP) is 2.63. The van der Waals surface area contributed by atoms with Gasteiger partial charge in [0.1, 0.15) is 12.2 Å². The number of nitrogens with zero attached hydrogens (tertiary/aromatic N) is 2. The fourth-order valence-corrected chi connectivity index (χ4v) is 3.97. The summed E-state index contributed by atoms with van der Waals surface area (Å²) in [4.78, 5) is 12.9. The van der Waals surface area contributed by atoms with Crippen LogP contribution in [0.3, 0.4) is 0 Å². The molecule has 0 aliphatic carbocycles. The Bertz CT molecular complexity index is 837. The van der Waals surface area contributed by atoms with Crippen molar-refractivity contribution in [2.75, 3.05) is 31.2 Å². The third-order valence-electron chi connectivity index (χ3n) is 5.61. The number of hydrogen-bond donors (Lipinski definition) is 2. The summed E-state index contributed by atoms with van der Waals surface area (Å²) in [5, 5.41) is 25.5. The number of hydroxylamine groups is 2. The first-order chi connectivity index (χ1) is 13.0. The van der Waals surface area contributed by atoms with Crippen LogP contribution in [0.5, 0.6) is 0 Å². The maximum absolute atomic E-state index is 13.3. The SMILES string of the molecule is O=C(O)CCc1ccc([N+]2([O-])CCN(c3ccc4c(c3)CCNC4)C2)cc1. The number of aliphatic carboxylic acids is 1. The quantitative estimate of drug-likeness (QED) is 0.628. The normalized spacial score (nSPS) is 21.9. The van der Waals surface area contributed by atoms with Gasteiger partial charge in [0.2, 0.25) is 0 Å². The molecule has 2 aromatic carbocycles. The van der Waals surface area contributed by atoms with Gasteiger partial charge >= 0.3 is 5.97 Å². The Balaban J connectivity index is 1.47. The summed E-state index contributed by atoms with van der Waals surface area (Å²) in [6, 6.07) is 14.0. The number of carboxylic acids is 1. The van der Waals surface area contributed by atoms with Gasteiger partial charge in [0.05, 0.1) is 6.54 Å². The van der Waals surface area contributed by atoms with Crippen molar-refractivity contribution in [1.82, 2.24) is 9.96 Å². The van der Waals surface area contributed by atoms with Gasteiger partial charge in [0, 0.05) is 18.7 Å².